The molecule has 0 aromatic heterocycles. The molecule has 24 heavy (non-hydrogen) atoms. The van der Waals surface area contributed by atoms with Crippen LogP contribution < -0.4 is 15.8 Å². The quantitative estimate of drug-likeness (QED) is 0.631. The first-order chi connectivity index (χ1) is 11.3. The van der Waals surface area contributed by atoms with Crippen molar-refractivity contribution in [2.24, 2.45) is 10.7 Å². The van der Waals surface area contributed by atoms with Crippen LogP contribution in [0.5, 0.6) is 5.75 Å². The molecular formula is C14H17F3N4O3. The number of aliphatic imine (C=N–C) groups is 1. The van der Waals surface area contributed by atoms with Crippen LogP contribution in [-0.4, -0.2) is 56.0 Å². The van der Waals surface area contributed by atoms with Crippen LogP contribution in [-0.2, 0) is 9.53 Å². The summed E-state index contributed by atoms with van der Waals surface area (Å²) in [4.78, 5) is 17.4. The summed E-state index contributed by atoms with van der Waals surface area (Å²) < 4.78 is 45.5. The van der Waals surface area contributed by atoms with Crippen molar-refractivity contribution in [1.29, 1.82) is 0 Å². The number of benzene rings is 1. The van der Waals surface area contributed by atoms with Crippen LogP contribution in [0.3, 0.4) is 0 Å². The molecule has 0 bridgehead atoms. The van der Waals surface area contributed by atoms with Gasteiger partial charge in [-0.15, -0.1) is 13.2 Å². The van der Waals surface area contributed by atoms with Crippen molar-refractivity contribution in [2.45, 2.75) is 6.36 Å². The first kappa shape index (κ1) is 17.9. The Morgan fingerprint density at radius 2 is 2.08 bits per heavy atom. The first-order valence-corrected chi connectivity index (χ1v) is 7.12. The minimum atomic E-state index is -4.77. The average molecular weight is 346 g/mol. The van der Waals surface area contributed by atoms with Crippen LogP contribution in [0.1, 0.15) is 0 Å². The summed E-state index contributed by atoms with van der Waals surface area (Å²) in [5.41, 5.74) is 5.90. The highest BCUT2D eigenvalue weighted by atomic mass is 19.4. The topological polar surface area (TPSA) is 89.2 Å². The predicted molar refractivity (Wildman–Crippen MR) is 80.6 cm³/mol. The molecular weight excluding hydrogens is 329 g/mol. The molecule has 0 atom stereocenters. The fraction of sp³-hybridized carbons (Fsp3) is 0.429. The summed E-state index contributed by atoms with van der Waals surface area (Å²) in [6.45, 7) is 1.80. The summed E-state index contributed by atoms with van der Waals surface area (Å²) in [6.07, 6.45) is -4.77. The fourth-order valence-electron chi connectivity index (χ4n) is 2.02. The van der Waals surface area contributed by atoms with Gasteiger partial charge in [-0.3, -0.25) is 4.79 Å². The lowest BCUT2D eigenvalue weighted by atomic mass is 10.3. The highest BCUT2D eigenvalue weighted by Gasteiger charge is 2.31. The van der Waals surface area contributed by atoms with Gasteiger partial charge in [0, 0.05) is 24.8 Å². The van der Waals surface area contributed by atoms with Crippen molar-refractivity contribution in [3.05, 3.63) is 24.3 Å². The summed E-state index contributed by atoms with van der Waals surface area (Å²) in [6, 6.07) is 5.15. The second-order valence-electron chi connectivity index (χ2n) is 4.90. The minimum absolute atomic E-state index is 0.0826. The van der Waals surface area contributed by atoms with Gasteiger partial charge in [-0.05, 0) is 12.1 Å². The van der Waals surface area contributed by atoms with Crippen molar-refractivity contribution in [3.63, 3.8) is 0 Å². The van der Waals surface area contributed by atoms with Gasteiger partial charge in [0.05, 0.1) is 13.2 Å². The Morgan fingerprint density at radius 3 is 2.75 bits per heavy atom. The van der Waals surface area contributed by atoms with E-state index in [4.69, 9.17) is 10.5 Å². The molecule has 1 fully saturated rings. The molecule has 1 aromatic carbocycles. The molecule has 7 nitrogen and oxygen atoms in total. The molecule has 0 spiro atoms. The van der Waals surface area contributed by atoms with E-state index in [1.54, 1.807) is 4.90 Å². The number of hydrogen-bond donors (Lipinski definition) is 2. The third kappa shape index (κ3) is 5.95. The molecule has 0 unspecified atom stereocenters. The predicted octanol–water partition coefficient (Wildman–Crippen LogP) is 1.17. The van der Waals surface area contributed by atoms with Gasteiger partial charge in [-0.1, -0.05) is 6.07 Å². The maximum Gasteiger partial charge on any atom is 0.573 e. The normalized spacial score (nSPS) is 16.0. The molecule has 2 rings (SSSR count). The average Bonchev–Trinajstić information content (AvgIpc) is 2.52. The molecule has 0 aliphatic carbocycles. The van der Waals surface area contributed by atoms with Crippen LogP contribution in [0.4, 0.5) is 18.9 Å². The van der Waals surface area contributed by atoms with Crippen LogP contribution >= 0.6 is 0 Å². The number of amides is 1. The van der Waals surface area contributed by atoms with Gasteiger partial charge in [-0.2, -0.15) is 0 Å². The molecule has 1 aromatic rings. The molecule has 132 valence electrons. The number of halogens is 3. The number of carbonyl (C=O) groups is 1. The lowest BCUT2D eigenvalue weighted by molar-refractivity contribution is -0.274. The van der Waals surface area contributed by atoms with Gasteiger partial charge in [0.15, 0.2) is 5.96 Å². The molecule has 1 amide bonds. The van der Waals surface area contributed by atoms with Crippen LogP contribution in [0, 0.1) is 0 Å². The van der Waals surface area contributed by atoms with Gasteiger partial charge in [-0.25, -0.2) is 4.99 Å². The summed E-state index contributed by atoms with van der Waals surface area (Å²) in [5.74, 6) is -0.664. The van der Waals surface area contributed by atoms with E-state index in [1.807, 2.05) is 0 Å². The Labute approximate surface area is 136 Å². The van der Waals surface area contributed by atoms with Crippen molar-refractivity contribution in [3.8, 4) is 5.75 Å². The fourth-order valence-corrected chi connectivity index (χ4v) is 2.02. The Balaban J connectivity index is 1.90. The maximum absolute atomic E-state index is 12.2. The van der Waals surface area contributed by atoms with Crippen molar-refractivity contribution in [1.82, 2.24) is 4.90 Å². The highest BCUT2D eigenvalue weighted by molar-refractivity contribution is 5.94. The van der Waals surface area contributed by atoms with Crippen LogP contribution in [0.15, 0.2) is 29.3 Å². The molecule has 1 aliphatic heterocycles. The zero-order chi connectivity index (χ0) is 17.6. The Hall–Kier alpha value is -2.49. The van der Waals surface area contributed by atoms with Gasteiger partial charge in [0.2, 0.25) is 5.91 Å². The number of nitrogens with one attached hydrogen (secondary N) is 1. The second kappa shape index (κ2) is 7.86. The van der Waals surface area contributed by atoms with E-state index in [1.165, 1.54) is 12.1 Å². The van der Waals surface area contributed by atoms with E-state index in [0.717, 1.165) is 12.1 Å². The largest absolute Gasteiger partial charge is 0.573 e. The van der Waals surface area contributed by atoms with Crippen LogP contribution in [0.25, 0.3) is 0 Å². The van der Waals surface area contributed by atoms with Crippen molar-refractivity contribution >= 4 is 17.6 Å². The molecule has 3 N–H and O–H groups in total. The van der Waals surface area contributed by atoms with Crippen LogP contribution in [0.2, 0.25) is 0 Å². The number of alkyl halides is 3. The third-order valence-corrected chi connectivity index (χ3v) is 3.09. The number of ether oxygens (including phenoxy) is 2. The highest BCUT2D eigenvalue weighted by Crippen LogP contribution is 2.24. The number of nitrogens with zero attached hydrogens (tertiary/aromatic N) is 2. The number of rotatable bonds is 4. The van der Waals surface area contributed by atoms with Gasteiger partial charge >= 0.3 is 6.36 Å². The number of morpholine rings is 1. The minimum Gasteiger partial charge on any atom is -0.406 e. The van der Waals surface area contributed by atoms with E-state index in [9.17, 15) is 18.0 Å². The smallest absolute Gasteiger partial charge is 0.406 e. The van der Waals surface area contributed by atoms with Crippen molar-refractivity contribution in [2.75, 3.05) is 38.2 Å². The molecule has 10 heteroatoms. The van der Waals surface area contributed by atoms with E-state index >= 15 is 0 Å². The SMILES string of the molecule is NC(=NCC(=O)N1CCOCC1)Nc1cccc(OC(F)(F)F)c1. The van der Waals surface area contributed by atoms with Gasteiger partial charge in [0.1, 0.15) is 12.3 Å². The monoisotopic (exact) mass is 346 g/mol. The second-order valence-corrected chi connectivity index (χ2v) is 4.90. The Kier molecular flexibility index (Phi) is 5.85. The number of guanidine groups is 1. The maximum atomic E-state index is 12.2. The standard InChI is InChI=1S/C14H17F3N4O3/c15-14(16,17)24-11-3-1-2-10(8-11)20-13(18)19-9-12(22)21-4-6-23-7-5-21/h1-3,8H,4-7,9H2,(H3,18,19,20). The van der Waals surface area contributed by atoms with Gasteiger partial charge < -0.3 is 25.4 Å². The van der Waals surface area contributed by atoms with Crippen molar-refractivity contribution < 1.29 is 27.4 Å². The van der Waals surface area contributed by atoms with E-state index in [-0.39, 0.29) is 29.8 Å². The van der Waals surface area contributed by atoms with Gasteiger partial charge in [0.25, 0.3) is 0 Å². The summed E-state index contributed by atoms with van der Waals surface area (Å²) in [5, 5.41) is 2.61. The zero-order valence-electron chi connectivity index (χ0n) is 12.7. The molecule has 0 saturated carbocycles. The number of hydrogen-bond acceptors (Lipinski definition) is 4. The van der Waals surface area contributed by atoms with E-state index < -0.39 is 6.36 Å². The molecule has 0 radical (unpaired) electrons. The number of anilines is 1. The van der Waals surface area contributed by atoms with E-state index in [2.05, 4.69) is 15.0 Å². The number of nitrogens with two attached hydrogens (primary N) is 1. The summed E-state index contributed by atoms with van der Waals surface area (Å²) in [7, 11) is 0. The molecule has 1 heterocycles. The summed E-state index contributed by atoms with van der Waals surface area (Å²) >= 11 is 0. The molecule has 1 aliphatic rings. The lowest BCUT2D eigenvalue weighted by Gasteiger charge is -2.26. The third-order valence-electron chi connectivity index (χ3n) is 3.09. The zero-order valence-corrected chi connectivity index (χ0v) is 12.7. The van der Waals surface area contributed by atoms with E-state index in [0.29, 0.717) is 26.3 Å². The number of carbonyl (C=O) groups excluding carboxylic acids is 1. The molecule has 1 saturated heterocycles. The lowest BCUT2D eigenvalue weighted by Crippen LogP contribution is -2.42. The Bertz CT molecular complexity index is 601. The Morgan fingerprint density at radius 1 is 1.38 bits per heavy atom. The first-order valence-electron chi connectivity index (χ1n) is 7.12.